The zero-order valence-electron chi connectivity index (χ0n) is 8.94. The van der Waals surface area contributed by atoms with Crippen molar-refractivity contribution in [3.63, 3.8) is 0 Å². The number of likely N-dealkylation sites (tertiary alicyclic amines) is 1. The van der Waals surface area contributed by atoms with Crippen LogP contribution in [-0.4, -0.2) is 45.3 Å². The summed E-state index contributed by atoms with van der Waals surface area (Å²) in [6.07, 6.45) is 1.67. The highest BCUT2D eigenvalue weighted by molar-refractivity contribution is 6.34. The number of aliphatic hydroxyl groups is 1. The normalized spacial score (nSPS) is 19.7. The summed E-state index contributed by atoms with van der Waals surface area (Å²) in [5.74, 6) is -0.261. The van der Waals surface area contributed by atoms with Crippen molar-refractivity contribution in [1.29, 1.82) is 0 Å². The lowest BCUT2D eigenvalue weighted by molar-refractivity contribution is 0.0677. The number of carbonyl (C=O) groups is 1. The first-order valence-electron chi connectivity index (χ1n) is 5.24. The van der Waals surface area contributed by atoms with Gasteiger partial charge in [-0.1, -0.05) is 23.2 Å². The van der Waals surface area contributed by atoms with E-state index in [0.717, 1.165) is 12.8 Å². The molecule has 0 spiro atoms. The third kappa shape index (κ3) is 2.51. The number of rotatable bonds is 2. The molecule has 0 aromatic carbocycles. The van der Waals surface area contributed by atoms with Crippen LogP contribution in [0.5, 0.6) is 0 Å². The molecule has 5 nitrogen and oxygen atoms in total. The van der Waals surface area contributed by atoms with Crippen LogP contribution in [0.1, 0.15) is 23.2 Å². The number of amides is 1. The smallest absolute Gasteiger partial charge is 0.257 e. The lowest BCUT2D eigenvalue weighted by atomic mass is 10.2. The zero-order chi connectivity index (χ0) is 12.4. The van der Waals surface area contributed by atoms with Gasteiger partial charge >= 0.3 is 0 Å². The summed E-state index contributed by atoms with van der Waals surface area (Å²) in [6, 6.07) is 1.25. The van der Waals surface area contributed by atoms with Crippen molar-refractivity contribution < 1.29 is 9.90 Å². The monoisotopic (exact) mass is 275 g/mol. The van der Waals surface area contributed by atoms with Gasteiger partial charge in [-0.3, -0.25) is 4.79 Å². The van der Waals surface area contributed by atoms with Gasteiger partial charge in [0, 0.05) is 6.54 Å². The molecule has 1 saturated heterocycles. The molecule has 1 aliphatic heterocycles. The van der Waals surface area contributed by atoms with Crippen LogP contribution in [0.15, 0.2) is 6.07 Å². The van der Waals surface area contributed by atoms with E-state index in [2.05, 4.69) is 10.2 Å². The molecule has 0 unspecified atom stereocenters. The molecule has 1 N–H and O–H groups in total. The van der Waals surface area contributed by atoms with E-state index in [-0.39, 0.29) is 34.4 Å². The van der Waals surface area contributed by atoms with Crippen molar-refractivity contribution in [2.24, 2.45) is 0 Å². The molecule has 1 aromatic heterocycles. The van der Waals surface area contributed by atoms with Crippen molar-refractivity contribution in [1.82, 2.24) is 15.1 Å². The van der Waals surface area contributed by atoms with Gasteiger partial charge in [0.2, 0.25) is 0 Å². The minimum atomic E-state index is -0.261. The molecule has 1 fully saturated rings. The van der Waals surface area contributed by atoms with Gasteiger partial charge in [-0.2, -0.15) is 0 Å². The van der Waals surface area contributed by atoms with Gasteiger partial charge in [0.15, 0.2) is 10.3 Å². The van der Waals surface area contributed by atoms with Gasteiger partial charge in [0.1, 0.15) is 0 Å². The molecule has 2 heterocycles. The van der Waals surface area contributed by atoms with Crippen molar-refractivity contribution in [3.8, 4) is 0 Å². The Morgan fingerprint density at radius 1 is 1.53 bits per heavy atom. The fraction of sp³-hybridized carbons (Fsp3) is 0.500. The molecule has 7 heteroatoms. The Labute approximate surface area is 108 Å². The summed E-state index contributed by atoms with van der Waals surface area (Å²) in [4.78, 5) is 13.8. The highest BCUT2D eigenvalue weighted by atomic mass is 35.5. The van der Waals surface area contributed by atoms with Gasteiger partial charge in [-0.15, -0.1) is 10.2 Å². The molecule has 1 aromatic rings. The van der Waals surface area contributed by atoms with Crippen molar-refractivity contribution >= 4 is 29.1 Å². The van der Waals surface area contributed by atoms with Gasteiger partial charge in [-0.25, -0.2) is 0 Å². The highest BCUT2D eigenvalue weighted by Crippen LogP contribution is 2.23. The second kappa shape index (κ2) is 5.16. The second-order valence-electron chi connectivity index (χ2n) is 3.85. The summed E-state index contributed by atoms with van der Waals surface area (Å²) in [7, 11) is 0. The molecule has 0 aliphatic carbocycles. The van der Waals surface area contributed by atoms with Crippen LogP contribution in [0.2, 0.25) is 10.3 Å². The maximum Gasteiger partial charge on any atom is 0.257 e. The number of hydrogen-bond acceptors (Lipinski definition) is 4. The van der Waals surface area contributed by atoms with Gasteiger partial charge in [0.05, 0.1) is 18.2 Å². The number of hydrogen-bond donors (Lipinski definition) is 1. The van der Waals surface area contributed by atoms with Crippen molar-refractivity contribution in [3.05, 3.63) is 21.9 Å². The van der Waals surface area contributed by atoms with Crippen LogP contribution >= 0.6 is 23.2 Å². The summed E-state index contributed by atoms with van der Waals surface area (Å²) in [5.41, 5.74) is 0.229. The topological polar surface area (TPSA) is 66.3 Å². The van der Waals surface area contributed by atoms with Gasteiger partial charge < -0.3 is 10.0 Å². The largest absolute Gasteiger partial charge is 0.394 e. The molecule has 1 aliphatic rings. The minimum absolute atomic E-state index is 0.0305. The van der Waals surface area contributed by atoms with E-state index in [9.17, 15) is 9.90 Å². The maximum absolute atomic E-state index is 12.2. The SMILES string of the molecule is O=C(c1cc(Cl)nnc1Cl)N1CCC[C@@H]1CO. The second-order valence-corrected chi connectivity index (χ2v) is 4.59. The van der Waals surface area contributed by atoms with E-state index in [0.29, 0.717) is 6.54 Å². The number of aromatic nitrogens is 2. The molecular formula is C10H11Cl2N3O2. The van der Waals surface area contributed by atoms with E-state index in [1.54, 1.807) is 4.90 Å². The maximum atomic E-state index is 12.2. The predicted molar refractivity (Wildman–Crippen MR) is 63.2 cm³/mol. The van der Waals surface area contributed by atoms with E-state index in [4.69, 9.17) is 23.2 Å². The van der Waals surface area contributed by atoms with E-state index in [1.165, 1.54) is 6.07 Å². The Morgan fingerprint density at radius 2 is 2.29 bits per heavy atom. The first-order chi connectivity index (χ1) is 8.13. The fourth-order valence-corrected chi connectivity index (χ4v) is 2.27. The van der Waals surface area contributed by atoms with Crippen LogP contribution in [0.4, 0.5) is 0 Å². The number of aliphatic hydroxyl groups excluding tert-OH is 1. The van der Waals surface area contributed by atoms with Crippen LogP contribution in [0, 0.1) is 0 Å². The summed E-state index contributed by atoms with van der Waals surface area (Å²) in [6.45, 7) is 0.565. The molecule has 2 rings (SSSR count). The van der Waals surface area contributed by atoms with E-state index >= 15 is 0 Å². The molecule has 92 valence electrons. The number of nitrogens with zero attached hydrogens (tertiary/aromatic N) is 3. The number of halogens is 2. The van der Waals surface area contributed by atoms with Crippen LogP contribution in [0.3, 0.4) is 0 Å². The highest BCUT2D eigenvalue weighted by Gasteiger charge is 2.30. The van der Waals surface area contributed by atoms with Crippen molar-refractivity contribution in [2.75, 3.05) is 13.2 Å². The van der Waals surface area contributed by atoms with Crippen LogP contribution in [-0.2, 0) is 0 Å². The summed E-state index contributed by atoms with van der Waals surface area (Å²) in [5, 5.41) is 16.5. The average molecular weight is 276 g/mol. The fourth-order valence-electron chi connectivity index (χ4n) is 1.95. The quantitative estimate of drug-likeness (QED) is 0.886. The first kappa shape index (κ1) is 12.5. The predicted octanol–water partition coefficient (Wildman–Crippen LogP) is 1.38. The number of carbonyl (C=O) groups excluding carboxylic acids is 1. The standard InChI is InChI=1S/C10H11Cl2N3O2/c11-8-4-7(9(12)14-13-8)10(17)15-3-1-2-6(15)5-16/h4,6,16H,1-3,5H2/t6-/m1/s1. The zero-order valence-corrected chi connectivity index (χ0v) is 10.4. The Hall–Kier alpha value is -0.910. The van der Waals surface area contributed by atoms with E-state index < -0.39 is 0 Å². The Morgan fingerprint density at radius 3 is 3.00 bits per heavy atom. The molecule has 0 saturated carbocycles. The Balaban J connectivity index is 2.27. The van der Waals surface area contributed by atoms with Gasteiger partial charge in [0.25, 0.3) is 5.91 Å². The lowest BCUT2D eigenvalue weighted by Crippen LogP contribution is -2.37. The minimum Gasteiger partial charge on any atom is -0.394 e. The third-order valence-electron chi connectivity index (χ3n) is 2.80. The Kier molecular flexibility index (Phi) is 3.81. The Bertz CT molecular complexity index is 442. The van der Waals surface area contributed by atoms with Gasteiger partial charge in [-0.05, 0) is 18.9 Å². The lowest BCUT2D eigenvalue weighted by Gasteiger charge is -2.23. The molecule has 1 amide bonds. The van der Waals surface area contributed by atoms with Crippen molar-refractivity contribution in [2.45, 2.75) is 18.9 Å². The summed E-state index contributed by atoms with van der Waals surface area (Å²) < 4.78 is 0. The third-order valence-corrected chi connectivity index (χ3v) is 3.26. The first-order valence-corrected chi connectivity index (χ1v) is 5.99. The molecule has 0 bridgehead atoms. The van der Waals surface area contributed by atoms with Crippen LogP contribution < -0.4 is 0 Å². The van der Waals surface area contributed by atoms with Crippen LogP contribution in [0.25, 0.3) is 0 Å². The summed E-state index contributed by atoms with van der Waals surface area (Å²) >= 11 is 11.5. The van der Waals surface area contributed by atoms with E-state index in [1.807, 2.05) is 0 Å². The molecular weight excluding hydrogens is 265 g/mol. The molecule has 17 heavy (non-hydrogen) atoms. The molecule has 0 radical (unpaired) electrons. The molecule has 1 atom stereocenters. The average Bonchev–Trinajstić information content (AvgIpc) is 2.79.